The monoisotopic (exact) mass is 365 g/mol. The molecular formula is C24H31NO2. The highest BCUT2D eigenvalue weighted by Crippen LogP contribution is 2.46. The van der Waals surface area contributed by atoms with Crippen LogP contribution in [0.1, 0.15) is 54.4 Å². The van der Waals surface area contributed by atoms with Crippen molar-refractivity contribution < 1.29 is 9.84 Å². The molecule has 2 unspecified atom stereocenters. The fourth-order valence-electron chi connectivity index (χ4n) is 5.30. The number of benzene rings is 2. The van der Waals surface area contributed by atoms with E-state index in [1.54, 1.807) is 7.11 Å². The van der Waals surface area contributed by atoms with Crippen molar-refractivity contribution in [1.82, 2.24) is 4.90 Å². The number of hydrogen-bond acceptors (Lipinski definition) is 3. The van der Waals surface area contributed by atoms with Gasteiger partial charge in [0.05, 0.1) is 12.7 Å². The second-order valence-corrected chi connectivity index (χ2v) is 8.47. The molecule has 2 atom stereocenters. The van der Waals surface area contributed by atoms with Crippen LogP contribution in [0.5, 0.6) is 5.75 Å². The fourth-order valence-corrected chi connectivity index (χ4v) is 5.30. The molecular weight excluding hydrogens is 334 g/mol. The number of rotatable bonds is 4. The third-order valence-electron chi connectivity index (χ3n) is 6.61. The van der Waals surface area contributed by atoms with E-state index in [-0.39, 0.29) is 0 Å². The number of fused-ring (bicyclic) bond motifs is 2. The number of aryl methyl sites for hydroxylation is 2. The van der Waals surface area contributed by atoms with E-state index in [0.29, 0.717) is 12.1 Å². The lowest BCUT2D eigenvalue weighted by Crippen LogP contribution is -2.56. The van der Waals surface area contributed by atoms with Crippen LogP contribution in [0.2, 0.25) is 0 Å². The van der Waals surface area contributed by atoms with Crippen molar-refractivity contribution in [2.75, 3.05) is 7.11 Å². The highest BCUT2D eigenvalue weighted by atomic mass is 16.5. The molecule has 4 rings (SSSR count). The molecule has 3 nitrogen and oxygen atoms in total. The molecule has 2 aliphatic rings. The summed E-state index contributed by atoms with van der Waals surface area (Å²) < 4.78 is 5.47. The van der Waals surface area contributed by atoms with Crippen LogP contribution in [0.4, 0.5) is 0 Å². The van der Waals surface area contributed by atoms with Gasteiger partial charge >= 0.3 is 0 Å². The Morgan fingerprint density at radius 1 is 1.04 bits per heavy atom. The van der Waals surface area contributed by atoms with Crippen molar-refractivity contribution in [2.24, 2.45) is 0 Å². The minimum absolute atomic E-state index is 0.449. The summed E-state index contributed by atoms with van der Waals surface area (Å²) in [5, 5.41) is 11.7. The first-order chi connectivity index (χ1) is 13.0. The average molecular weight is 366 g/mol. The summed E-state index contributed by atoms with van der Waals surface area (Å²) in [6.45, 7) is 5.16. The Morgan fingerprint density at radius 2 is 1.70 bits per heavy atom. The molecule has 3 heteroatoms. The second kappa shape index (κ2) is 7.29. The van der Waals surface area contributed by atoms with Gasteiger partial charge in [0, 0.05) is 18.6 Å². The lowest BCUT2D eigenvalue weighted by molar-refractivity contribution is -0.100. The Balaban J connectivity index is 1.62. The highest BCUT2D eigenvalue weighted by molar-refractivity contribution is 5.44. The quantitative estimate of drug-likeness (QED) is 0.851. The standard InChI is InChI=1S/C24H31NO2/c1-17-13-23(27-3)18(2)12-22(17)24(26)14-20-10-7-11-21(15-24)25(20)16-19-8-5-4-6-9-19/h4-6,8-9,12-13,20-21,26H,7,10-11,14-16H2,1-3H3. The van der Waals surface area contributed by atoms with Crippen molar-refractivity contribution in [2.45, 2.75) is 70.2 Å². The minimum Gasteiger partial charge on any atom is -0.496 e. The minimum atomic E-state index is -0.732. The van der Waals surface area contributed by atoms with E-state index < -0.39 is 5.60 Å². The Kier molecular flexibility index (Phi) is 5.00. The Bertz CT molecular complexity index is 788. The highest BCUT2D eigenvalue weighted by Gasteiger charge is 2.46. The summed E-state index contributed by atoms with van der Waals surface area (Å²) in [5.74, 6) is 0.904. The van der Waals surface area contributed by atoms with Crippen molar-refractivity contribution in [3.05, 3.63) is 64.7 Å². The summed E-state index contributed by atoms with van der Waals surface area (Å²) in [6.07, 6.45) is 5.28. The topological polar surface area (TPSA) is 32.7 Å². The third-order valence-corrected chi connectivity index (χ3v) is 6.61. The molecule has 2 aromatic rings. The van der Waals surface area contributed by atoms with Gasteiger partial charge in [-0.15, -0.1) is 0 Å². The number of aliphatic hydroxyl groups is 1. The molecule has 144 valence electrons. The fraction of sp³-hybridized carbons (Fsp3) is 0.500. The molecule has 0 radical (unpaired) electrons. The number of hydrogen-bond donors (Lipinski definition) is 1. The van der Waals surface area contributed by atoms with E-state index in [9.17, 15) is 5.11 Å². The maximum atomic E-state index is 11.7. The van der Waals surface area contributed by atoms with Crippen LogP contribution < -0.4 is 4.74 Å². The van der Waals surface area contributed by atoms with Crippen molar-refractivity contribution in [3.8, 4) is 5.75 Å². The van der Waals surface area contributed by atoms with Gasteiger partial charge in [-0.25, -0.2) is 0 Å². The van der Waals surface area contributed by atoms with E-state index in [1.807, 2.05) is 0 Å². The Morgan fingerprint density at radius 3 is 2.33 bits per heavy atom. The molecule has 0 aromatic heterocycles. The number of piperidine rings is 2. The van der Waals surface area contributed by atoms with Crippen LogP contribution in [0, 0.1) is 13.8 Å². The van der Waals surface area contributed by atoms with E-state index in [0.717, 1.165) is 41.8 Å². The first-order valence-electron chi connectivity index (χ1n) is 10.2. The van der Waals surface area contributed by atoms with Crippen LogP contribution in [0.3, 0.4) is 0 Å². The number of methoxy groups -OCH3 is 1. The summed E-state index contributed by atoms with van der Waals surface area (Å²) in [4.78, 5) is 2.65. The predicted octanol–water partition coefficient (Wildman–Crippen LogP) is 4.72. The van der Waals surface area contributed by atoms with Gasteiger partial charge in [0.1, 0.15) is 5.75 Å². The molecule has 2 bridgehead atoms. The molecule has 2 fully saturated rings. The van der Waals surface area contributed by atoms with Gasteiger partial charge in [-0.05, 0) is 73.9 Å². The van der Waals surface area contributed by atoms with Gasteiger partial charge < -0.3 is 9.84 Å². The summed E-state index contributed by atoms with van der Waals surface area (Å²) in [5.41, 5.74) is 3.97. The predicted molar refractivity (Wildman–Crippen MR) is 109 cm³/mol. The molecule has 0 saturated carbocycles. The molecule has 1 N–H and O–H groups in total. The average Bonchev–Trinajstić information content (AvgIpc) is 2.65. The van der Waals surface area contributed by atoms with Crippen molar-refractivity contribution in [3.63, 3.8) is 0 Å². The van der Waals surface area contributed by atoms with E-state index >= 15 is 0 Å². The van der Waals surface area contributed by atoms with Gasteiger partial charge in [-0.3, -0.25) is 4.90 Å². The van der Waals surface area contributed by atoms with Crippen LogP contribution in [0.15, 0.2) is 42.5 Å². The summed E-state index contributed by atoms with van der Waals surface area (Å²) in [7, 11) is 1.71. The maximum absolute atomic E-state index is 11.7. The normalized spacial score (nSPS) is 28.1. The zero-order valence-corrected chi connectivity index (χ0v) is 16.7. The van der Waals surface area contributed by atoms with Crippen LogP contribution in [-0.4, -0.2) is 29.2 Å². The SMILES string of the molecule is COc1cc(C)c(C2(O)CC3CCCC(C2)N3Cc2ccccc2)cc1C. The zero-order valence-electron chi connectivity index (χ0n) is 16.7. The number of ether oxygens (including phenoxy) is 1. The van der Waals surface area contributed by atoms with Gasteiger partial charge in [0.2, 0.25) is 0 Å². The second-order valence-electron chi connectivity index (χ2n) is 8.47. The van der Waals surface area contributed by atoms with Gasteiger partial charge in [0.15, 0.2) is 0 Å². The third kappa shape index (κ3) is 3.51. The molecule has 2 aliphatic heterocycles. The van der Waals surface area contributed by atoms with Crippen molar-refractivity contribution in [1.29, 1.82) is 0 Å². The molecule has 2 saturated heterocycles. The first kappa shape index (κ1) is 18.5. The first-order valence-corrected chi connectivity index (χ1v) is 10.2. The molecule has 2 aromatic carbocycles. The van der Waals surface area contributed by atoms with Crippen LogP contribution in [-0.2, 0) is 12.1 Å². The van der Waals surface area contributed by atoms with E-state index in [4.69, 9.17) is 4.74 Å². The largest absolute Gasteiger partial charge is 0.496 e. The van der Waals surface area contributed by atoms with E-state index in [2.05, 4.69) is 61.2 Å². The van der Waals surface area contributed by atoms with Crippen LogP contribution >= 0.6 is 0 Å². The van der Waals surface area contributed by atoms with Gasteiger partial charge in [0.25, 0.3) is 0 Å². The number of nitrogens with zero attached hydrogens (tertiary/aromatic N) is 1. The van der Waals surface area contributed by atoms with Crippen LogP contribution in [0.25, 0.3) is 0 Å². The smallest absolute Gasteiger partial charge is 0.122 e. The molecule has 2 heterocycles. The zero-order chi connectivity index (χ0) is 19.0. The summed E-state index contributed by atoms with van der Waals surface area (Å²) in [6, 6.07) is 15.9. The lowest BCUT2D eigenvalue weighted by Gasteiger charge is -2.52. The van der Waals surface area contributed by atoms with Gasteiger partial charge in [-0.1, -0.05) is 36.8 Å². The lowest BCUT2D eigenvalue weighted by atomic mass is 9.71. The van der Waals surface area contributed by atoms with E-state index in [1.165, 1.54) is 24.8 Å². The summed E-state index contributed by atoms with van der Waals surface area (Å²) >= 11 is 0. The van der Waals surface area contributed by atoms with Crippen molar-refractivity contribution >= 4 is 0 Å². The van der Waals surface area contributed by atoms with Gasteiger partial charge in [-0.2, -0.15) is 0 Å². The molecule has 0 spiro atoms. The maximum Gasteiger partial charge on any atom is 0.122 e. The molecule has 27 heavy (non-hydrogen) atoms. The Labute approximate surface area is 163 Å². The molecule has 0 amide bonds. The Hall–Kier alpha value is -1.84. The molecule has 0 aliphatic carbocycles.